The van der Waals surface area contributed by atoms with E-state index in [0.29, 0.717) is 28.5 Å². The van der Waals surface area contributed by atoms with Gasteiger partial charge in [0.15, 0.2) is 0 Å². The Labute approximate surface area is 162 Å². The van der Waals surface area contributed by atoms with Gasteiger partial charge in [-0.15, -0.1) is 0 Å². The smallest absolute Gasteiger partial charge is 0.265 e. The standard InChI is InChI=1S/C17H21BrN4O3S/c1-2-25-15-7-6-13(18)10-16(15)26(23,24)21-14-11-19-17(20-12-14)22-8-4-3-5-9-22/h6-7,10-12,21H,2-5,8-9H2,1H3. The number of anilines is 2. The average molecular weight is 441 g/mol. The number of benzene rings is 1. The summed E-state index contributed by atoms with van der Waals surface area (Å²) in [6, 6.07) is 4.87. The molecule has 0 radical (unpaired) electrons. The van der Waals surface area contributed by atoms with Gasteiger partial charge in [0.05, 0.1) is 24.7 Å². The zero-order valence-electron chi connectivity index (χ0n) is 14.5. The van der Waals surface area contributed by atoms with Crippen LogP contribution >= 0.6 is 15.9 Å². The van der Waals surface area contributed by atoms with Crippen LogP contribution in [0.1, 0.15) is 26.2 Å². The molecule has 3 rings (SSSR count). The van der Waals surface area contributed by atoms with Gasteiger partial charge in [0.25, 0.3) is 10.0 Å². The molecule has 2 aromatic rings. The Morgan fingerprint density at radius 1 is 1.19 bits per heavy atom. The highest BCUT2D eigenvalue weighted by molar-refractivity contribution is 9.10. The van der Waals surface area contributed by atoms with Crippen LogP contribution in [0.25, 0.3) is 0 Å². The van der Waals surface area contributed by atoms with Gasteiger partial charge in [0.1, 0.15) is 10.6 Å². The van der Waals surface area contributed by atoms with E-state index in [1.165, 1.54) is 24.9 Å². The number of piperidine rings is 1. The fraction of sp³-hybridized carbons (Fsp3) is 0.412. The monoisotopic (exact) mass is 440 g/mol. The molecule has 26 heavy (non-hydrogen) atoms. The predicted molar refractivity (Wildman–Crippen MR) is 104 cm³/mol. The van der Waals surface area contributed by atoms with E-state index in [2.05, 4.69) is 35.5 Å². The van der Waals surface area contributed by atoms with Crippen molar-refractivity contribution in [2.75, 3.05) is 29.3 Å². The lowest BCUT2D eigenvalue weighted by Gasteiger charge is -2.26. The second-order valence-corrected chi connectivity index (χ2v) is 8.52. The molecule has 1 saturated heterocycles. The normalized spacial score (nSPS) is 14.9. The van der Waals surface area contributed by atoms with Gasteiger partial charge >= 0.3 is 0 Å². The van der Waals surface area contributed by atoms with E-state index < -0.39 is 10.0 Å². The highest BCUT2D eigenvalue weighted by atomic mass is 79.9. The second kappa shape index (κ2) is 8.22. The summed E-state index contributed by atoms with van der Waals surface area (Å²) in [6.07, 6.45) is 6.46. The van der Waals surface area contributed by atoms with Crippen LogP contribution < -0.4 is 14.4 Å². The van der Waals surface area contributed by atoms with Crippen LogP contribution in [-0.2, 0) is 10.0 Å². The van der Waals surface area contributed by atoms with E-state index in [1.54, 1.807) is 19.1 Å². The number of ether oxygens (including phenoxy) is 1. The van der Waals surface area contributed by atoms with Gasteiger partial charge < -0.3 is 9.64 Å². The first-order valence-electron chi connectivity index (χ1n) is 8.52. The molecule has 140 valence electrons. The quantitative estimate of drug-likeness (QED) is 0.740. The van der Waals surface area contributed by atoms with Gasteiger partial charge in [0, 0.05) is 17.6 Å². The zero-order chi connectivity index (χ0) is 18.6. The fourth-order valence-corrected chi connectivity index (χ4v) is 4.52. The molecule has 1 aromatic carbocycles. The summed E-state index contributed by atoms with van der Waals surface area (Å²) in [5.41, 5.74) is 0.313. The molecule has 0 spiro atoms. The van der Waals surface area contributed by atoms with Crippen molar-refractivity contribution in [1.82, 2.24) is 9.97 Å². The molecule has 9 heteroatoms. The Morgan fingerprint density at radius 3 is 2.54 bits per heavy atom. The van der Waals surface area contributed by atoms with Crippen molar-refractivity contribution in [3.8, 4) is 5.75 Å². The van der Waals surface area contributed by atoms with Crippen LogP contribution in [0.3, 0.4) is 0 Å². The molecule has 1 N–H and O–H groups in total. The predicted octanol–water partition coefficient (Wildman–Crippen LogP) is 3.43. The maximum absolute atomic E-state index is 12.8. The first-order chi connectivity index (χ1) is 12.5. The van der Waals surface area contributed by atoms with E-state index in [9.17, 15) is 8.42 Å². The largest absolute Gasteiger partial charge is 0.492 e. The zero-order valence-corrected chi connectivity index (χ0v) is 16.9. The van der Waals surface area contributed by atoms with Crippen LogP contribution in [0, 0.1) is 0 Å². The highest BCUT2D eigenvalue weighted by Gasteiger charge is 2.21. The van der Waals surface area contributed by atoms with Crippen LogP contribution in [-0.4, -0.2) is 38.1 Å². The van der Waals surface area contributed by atoms with E-state index in [1.807, 2.05) is 0 Å². The number of aromatic nitrogens is 2. The first kappa shape index (κ1) is 18.9. The Balaban J connectivity index is 1.80. The molecule has 7 nitrogen and oxygen atoms in total. The lowest BCUT2D eigenvalue weighted by molar-refractivity contribution is 0.331. The molecule has 1 aliphatic rings. The number of hydrogen-bond acceptors (Lipinski definition) is 6. The molecule has 0 saturated carbocycles. The molecule has 1 fully saturated rings. The van der Waals surface area contributed by atoms with Crippen LogP contribution in [0.2, 0.25) is 0 Å². The summed E-state index contributed by atoms with van der Waals surface area (Å²) in [5.74, 6) is 0.930. The van der Waals surface area contributed by atoms with Crippen LogP contribution in [0.15, 0.2) is 40.0 Å². The van der Waals surface area contributed by atoms with E-state index in [0.717, 1.165) is 25.9 Å². The van der Waals surface area contributed by atoms with Gasteiger partial charge in [-0.25, -0.2) is 18.4 Å². The molecule has 0 unspecified atom stereocenters. The van der Waals surface area contributed by atoms with Gasteiger partial charge in [-0.3, -0.25) is 4.72 Å². The van der Waals surface area contributed by atoms with Crippen molar-refractivity contribution in [1.29, 1.82) is 0 Å². The summed E-state index contributed by atoms with van der Waals surface area (Å²) < 4.78 is 34.1. The fourth-order valence-electron chi connectivity index (χ4n) is 2.81. The number of sulfonamides is 1. The lowest BCUT2D eigenvalue weighted by Crippen LogP contribution is -2.30. The molecule has 0 amide bonds. The molecular weight excluding hydrogens is 420 g/mol. The summed E-state index contributed by atoms with van der Waals surface area (Å²) in [4.78, 5) is 10.8. The van der Waals surface area contributed by atoms with Gasteiger partial charge in [-0.05, 0) is 44.4 Å². The maximum atomic E-state index is 12.8. The number of halogens is 1. The molecule has 2 heterocycles. The van der Waals surface area contributed by atoms with E-state index >= 15 is 0 Å². The third kappa shape index (κ3) is 4.45. The van der Waals surface area contributed by atoms with Crippen molar-refractivity contribution in [3.63, 3.8) is 0 Å². The average Bonchev–Trinajstić information content (AvgIpc) is 2.64. The molecule has 0 aliphatic carbocycles. The Morgan fingerprint density at radius 2 is 1.88 bits per heavy atom. The minimum Gasteiger partial charge on any atom is -0.492 e. The van der Waals surface area contributed by atoms with Crippen LogP contribution in [0.5, 0.6) is 5.75 Å². The highest BCUT2D eigenvalue weighted by Crippen LogP contribution is 2.29. The summed E-state index contributed by atoms with van der Waals surface area (Å²) >= 11 is 3.30. The Hall–Kier alpha value is -1.87. The van der Waals surface area contributed by atoms with Gasteiger partial charge in [-0.2, -0.15) is 0 Å². The molecule has 1 aliphatic heterocycles. The topological polar surface area (TPSA) is 84.4 Å². The number of nitrogens with one attached hydrogen (secondary N) is 1. The second-order valence-electron chi connectivity index (χ2n) is 5.95. The van der Waals surface area contributed by atoms with Gasteiger partial charge in [-0.1, -0.05) is 15.9 Å². The van der Waals surface area contributed by atoms with Crippen molar-refractivity contribution < 1.29 is 13.2 Å². The maximum Gasteiger partial charge on any atom is 0.265 e. The summed E-state index contributed by atoms with van der Waals surface area (Å²) in [6.45, 7) is 4.04. The molecule has 1 aromatic heterocycles. The lowest BCUT2D eigenvalue weighted by atomic mass is 10.1. The first-order valence-corrected chi connectivity index (χ1v) is 10.8. The Kier molecular flexibility index (Phi) is 5.98. The SMILES string of the molecule is CCOc1ccc(Br)cc1S(=O)(=O)Nc1cnc(N2CCCCC2)nc1. The van der Waals surface area contributed by atoms with E-state index in [-0.39, 0.29) is 4.90 Å². The van der Waals surface area contributed by atoms with Crippen molar-refractivity contribution in [2.24, 2.45) is 0 Å². The summed E-state index contributed by atoms with van der Waals surface area (Å²) in [7, 11) is -3.82. The van der Waals surface area contributed by atoms with Crippen molar-refractivity contribution >= 4 is 37.6 Å². The minimum absolute atomic E-state index is 0.0637. The molecular formula is C17H21BrN4O3S. The van der Waals surface area contributed by atoms with E-state index in [4.69, 9.17) is 4.74 Å². The van der Waals surface area contributed by atoms with Gasteiger partial charge in [0.2, 0.25) is 5.95 Å². The number of hydrogen-bond donors (Lipinski definition) is 1. The molecule has 0 atom stereocenters. The third-order valence-corrected chi connectivity index (χ3v) is 5.92. The molecule has 0 bridgehead atoms. The minimum atomic E-state index is -3.82. The van der Waals surface area contributed by atoms with Crippen LogP contribution in [0.4, 0.5) is 11.6 Å². The number of nitrogens with zero attached hydrogens (tertiary/aromatic N) is 3. The van der Waals surface area contributed by atoms with Crippen molar-refractivity contribution in [2.45, 2.75) is 31.1 Å². The van der Waals surface area contributed by atoms with Crippen molar-refractivity contribution in [3.05, 3.63) is 35.1 Å². The Bertz CT molecular complexity index is 853. The summed E-state index contributed by atoms with van der Waals surface area (Å²) in [5, 5.41) is 0. The third-order valence-electron chi connectivity index (χ3n) is 4.02. The number of rotatable bonds is 6.